The summed E-state index contributed by atoms with van der Waals surface area (Å²) in [6, 6.07) is 21.2. The summed E-state index contributed by atoms with van der Waals surface area (Å²) in [6.07, 6.45) is 3.50. The molecule has 0 saturated heterocycles. The predicted octanol–water partition coefficient (Wildman–Crippen LogP) is 7.24. The normalized spacial score (nSPS) is 10.1. The van der Waals surface area contributed by atoms with Crippen LogP contribution >= 0.6 is 0 Å². The summed E-state index contributed by atoms with van der Waals surface area (Å²) in [5.74, 6) is -2.02. The highest BCUT2D eigenvalue weighted by Gasteiger charge is 2.15. The van der Waals surface area contributed by atoms with Gasteiger partial charge in [0.2, 0.25) is 0 Å². The highest BCUT2D eigenvalue weighted by atomic mass is 16.5. The zero-order valence-corrected chi connectivity index (χ0v) is 23.3. The Morgan fingerprint density at radius 1 is 0.714 bits per heavy atom. The molecule has 0 aliphatic heterocycles. The first-order valence-corrected chi connectivity index (χ1v) is 12.8. The van der Waals surface area contributed by atoms with Gasteiger partial charge < -0.3 is 29.9 Å². The lowest BCUT2D eigenvalue weighted by atomic mass is 10.1. The van der Waals surface area contributed by atoms with E-state index in [0.29, 0.717) is 35.8 Å². The van der Waals surface area contributed by atoms with Crippen molar-refractivity contribution in [2.45, 2.75) is 27.1 Å². The Morgan fingerprint density at radius 2 is 1.21 bits per heavy atom. The number of phenols is 2. The Balaban J connectivity index is 0.000000230. The van der Waals surface area contributed by atoms with Crippen LogP contribution in [0.25, 0.3) is 12.2 Å². The molecule has 0 aromatic heterocycles. The van der Waals surface area contributed by atoms with Gasteiger partial charge in [0.25, 0.3) is 0 Å². The molecule has 4 aromatic carbocycles. The lowest BCUT2D eigenvalue weighted by Gasteiger charge is -2.11. The van der Waals surface area contributed by atoms with Gasteiger partial charge in [0.05, 0.1) is 0 Å². The standard InChI is InChI=1S/2C17H16O4/c1-3-12-4-6-13(7-5-12)10-21-14-8-11(2)16(18)15(9-14)17(19)20;1-3-12-6-4-5-7-13(12)10-21-14-8-11(2)16(18)15(9-14)17(19)20/h2*3-9,18H,1,10H2,2H3,(H,19,20). The maximum atomic E-state index is 11.1. The van der Waals surface area contributed by atoms with Crippen LogP contribution in [0.2, 0.25) is 0 Å². The van der Waals surface area contributed by atoms with Crippen molar-refractivity contribution in [2.24, 2.45) is 0 Å². The monoisotopic (exact) mass is 568 g/mol. The number of benzene rings is 4. The number of aryl methyl sites for hydroxylation is 2. The van der Waals surface area contributed by atoms with Crippen molar-refractivity contribution in [1.29, 1.82) is 0 Å². The van der Waals surface area contributed by atoms with E-state index in [0.717, 1.165) is 22.3 Å². The van der Waals surface area contributed by atoms with Crippen molar-refractivity contribution in [3.05, 3.63) is 130 Å². The lowest BCUT2D eigenvalue weighted by Crippen LogP contribution is -2.02. The Kier molecular flexibility index (Phi) is 10.5. The quantitative estimate of drug-likeness (QED) is 0.157. The van der Waals surface area contributed by atoms with Gasteiger partial charge in [0.15, 0.2) is 0 Å². The molecule has 0 bridgehead atoms. The molecule has 42 heavy (non-hydrogen) atoms. The second-order valence-corrected chi connectivity index (χ2v) is 9.31. The van der Waals surface area contributed by atoms with E-state index in [4.69, 9.17) is 19.7 Å². The minimum atomic E-state index is -1.19. The van der Waals surface area contributed by atoms with Crippen LogP contribution in [-0.4, -0.2) is 32.4 Å². The van der Waals surface area contributed by atoms with Gasteiger partial charge in [-0.05, 0) is 71.5 Å². The van der Waals surface area contributed by atoms with Gasteiger partial charge in [-0.25, -0.2) is 9.59 Å². The summed E-state index contributed by atoms with van der Waals surface area (Å²) in [5, 5.41) is 37.5. The molecule has 0 aliphatic carbocycles. The summed E-state index contributed by atoms with van der Waals surface area (Å²) >= 11 is 0. The van der Waals surface area contributed by atoms with Crippen LogP contribution in [0.15, 0.2) is 86.0 Å². The Hall–Kier alpha value is -5.50. The van der Waals surface area contributed by atoms with E-state index >= 15 is 0 Å². The van der Waals surface area contributed by atoms with Gasteiger partial charge in [-0.2, -0.15) is 0 Å². The first kappa shape index (κ1) is 31.0. The van der Waals surface area contributed by atoms with Gasteiger partial charge in [0.1, 0.15) is 47.3 Å². The molecule has 0 amide bonds. The number of carbonyl (C=O) groups is 2. The summed E-state index contributed by atoms with van der Waals surface area (Å²) in [5.41, 5.74) is 4.50. The number of aromatic hydroxyl groups is 2. The van der Waals surface area contributed by atoms with Crippen molar-refractivity contribution in [3.63, 3.8) is 0 Å². The maximum absolute atomic E-state index is 11.1. The maximum Gasteiger partial charge on any atom is 0.339 e. The minimum absolute atomic E-state index is 0.160. The average Bonchev–Trinajstić information content (AvgIpc) is 2.98. The number of aromatic carboxylic acids is 2. The predicted molar refractivity (Wildman–Crippen MR) is 161 cm³/mol. The van der Waals surface area contributed by atoms with Gasteiger partial charge in [-0.1, -0.05) is 73.8 Å². The van der Waals surface area contributed by atoms with Crippen LogP contribution in [0.4, 0.5) is 0 Å². The van der Waals surface area contributed by atoms with Crippen LogP contribution in [0.5, 0.6) is 23.0 Å². The molecule has 0 radical (unpaired) electrons. The molecule has 8 heteroatoms. The second-order valence-electron chi connectivity index (χ2n) is 9.31. The Morgan fingerprint density at radius 3 is 1.69 bits per heavy atom. The van der Waals surface area contributed by atoms with Gasteiger partial charge in [0, 0.05) is 0 Å². The molecule has 4 rings (SSSR count). The molecular weight excluding hydrogens is 536 g/mol. The van der Waals surface area contributed by atoms with E-state index in [2.05, 4.69) is 13.2 Å². The fourth-order valence-corrected chi connectivity index (χ4v) is 3.93. The third-order valence-corrected chi connectivity index (χ3v) is 6.30. The molecule has 0 heterocycles. The molecule has 0 fully saturated rings. The number of rotatable bonds is 10. The molecular formula is C34H32O8. The molecule has 0 unspecified atom stereocenters. The van der Waals surface area contributed by atoms with E-state index in [1.54, 1.807) is 38.1 Å². The summed E-state index contributed by atoms with van der Waals surface area (Å²) < 4.78 is 11.2. The third kappa shape index (κ3) is 8.02. The SMILES string of the molecule is C=Cc1ccc(COc2cc(C)c(O)c(C(=O)O)c2)cc1.C=Cc1ccccc1COc1cc(C)c(O)c(C(=O)O)c1. The van der Waals surface area contributed by atoms with E-state index in [1.807, 2.05) is 48.5 Å². The lowest BCUT2D eigenvalue weighted by molar-refractivity contribution is 0.0681. The number of carboxylic acids is 2. The fraction of sp³-hybridized carbons (Fsp3) is 0.118. The topological polar surface area (TPSA) is 134 Å². The zero-order valence-electron chi connectivity index (χ0n) is 23.3. The van der Waals surface area contributed by atoms with Crippen molar-refractivity contribution in [3.8, 4) is 23.0 Å². The van der Waals surface area contributed by atoms with Crippen LogP contribution in [0.1, 0.15) is 54.1 Å². The smallest absolute Gasteiger partial charge is 0.339 e. The van der Waals surface area contributed by atoms with Crippen molar-refractivity contribution >= 4 is 24.1 Å². The Bertz CT molecular complexity index is 1600. The number of carboxylic acid groups (broad SMARTS) is 2. The second kappa shape index (κ2) is 14.2. The van der Waals surface area contributed by atoms with Crippen molar-refractivity contribution in [2.75, 3.05) is 0 Å². The summed E-state index contributed by atoms with van der Waals surface area (Å²) in [7, 11) is 0. The molecule has 0 aliphatic rings. The first-order chi connectivity index (χ1) is 20.0. The van der Waals surface area contributed by atoms with Crippen molar-refractivity contribution in [1.82, 2.24) is 0 Å². The number of hydrogen-bond acceptors (Lipinski definition) is 6. The summed E-state index contributed by atoms with van der Waals surface area (Å²) in [4.78, 5) is 22.1. The molecule has 4 aromatic rings. The molecule has 4 N–H and O–H groups in total. The molecule has 0 saturated carbocycles. The molecule has 0 spiro atoms. The molecule has 0 atom stereocenters. The average molecular weight is 569 g/mol. The van der Waals surface area contributed by atoms with Crippen LogP contribution < -0.4 is 9.47 Å². The summed E-state index contributed by atoms with van der Waals surface area (Å²) in [6.45, 7) is 11.3. The Labute approximate surface area is 244 Å². The van der Waals surface area contributed by atoms with E-state index in [-0.39, 0.29) is 22.6 Å². The van der Waals surface area contributed by atoms with Gasteiger partial charge in [-0.15, -0.1) is 0 Å². The van der Waals surface area contributed by atoms with Crippen molar-refractivity contribution < 1.29 is 39.5 Å². The highest BCUT2D eigenvalue weighted by Crippen LogP contribution is 2.29. The van der Waals surface area contributed by atoms with Gasteiger partial charge in [-0.3, -0.25) is 0 Å². The fourth-order valence-electron chi connectivity index (χ4n) is 3.93. The van der Waals surface area contributed by atoms with Crippen LogP contribution in [-0.2, 0) is 13.2 Å². The number of hydrogen-bond donors (Lipinski definition) is 4. The molecule has 216 valence electrons. The highest BCUT2D eigenvalue weighted by molar-refractivity contribution is 5.92. The zero-order chi connectivity index (χ0) is 30.8. The van der Waals surface area contributed by atoms with Crippen LogP contribution in [0.3, 0.4) is 0 Å². The van der Waals surface area contributed by atoms with Crippen LogP contribution in [0, 0.1) is 13.8 Å². The first-order valence-electron chi connectivity index (χ1n) is 12.8. The van der Waals surface area contributed by atoms with E-state index < -0.39 is 11.9 Å². The van der Waals surface area contributed by atoms with E-state index in [9.17, 15) is 19.8 Å². The van der Waals surface area contributed by atoms with E-state index in [1.165, 1.54) is 12.1 Å². The van der Waals surface area contributed by atoms with Gasteiger partial charge >= 0.3 is 11.9 Å². The largest absolute Gasteiger partial charge is 0.507 e. The molecule has 8 nitrogen and oxygen atoms in total. The number of ether oxygens (including phenoxy) is 2. The third-order valence-electron chi connectivity index (χ3n) is 6.30. The minimum Gasteiger partial charge on any atom is -0.507 e.